The number of aryl methyl sites for hydroxylation is 1. The van der Waals surface area contributed by atoms with E-state index in [4.69, 9.17) is 4.52 Å². The highest BCUT2D eigenvalue weighted by atomic mass is 19.0. The number of aromatic amines is 1. The van der Waals surface area contributed by atoms with E-state index in [0.29, 0.717) is 17.5 Å². The highest BCUT2D eigenvalue weighted by Gasteiger charge is 2.15. The molecule has 1 N–H and O–H groups in total. The number of nitrogens with zero attached hydrogens (tertiary/aromatic N) is 4. The van der Waals surface area contributed by atoms with E-state index in [-0.39, 0.29) is 12.0 Å². The quantitative estimate of drug-likeness (QED) is 0.717. The van der Waals surface area contributed by atoms with Crippen molar-refractivity contribution in [3.63, 3.8) is 0 Å². The molecule has 0 radical (unpaired) electrons. The van der Waals surface area contributed by atoms with Gasteiger partial charge >= 0.3 is 0 Å². The smallest absolute Gasteiger partial charge is 0.229 e. The van der Waals surface area contributed by atoms with Crippen LogP contribution in [0.15, 0.2) is 28.8 Å². The van der Waals surface area contributed by atoms with Crippen molar-refractivity contribution in [3.05, 3.63) is 36.0 Å². The maximum absolute atomic E-state index is 5.43. The third-order valence-corrected chi connectivity index (χ3v) is 3.83. The molecular weight excluding hydrogens is 309 g/mol. The minimum absolute atomic E-state index is 0. The highest BCUT2D eigenvalue weighted by Crippen LogP contribution is 2.25. The Morgan fingerprint density at radius 3 is 2.62 bits per heavy atom. The fourth-order valence-electron chi connectivity index (χ4n) is 2.46. The molecule has 0 aliphatic carbocycles. The van der Waals surface area contributed by atoms with Crippen LogP contribution in [0.4, 0.5) is 4.70 Å². The second kappa shape index (κ2) is 7.81. The topological polar surface area (TPSA) is 80.5 Å². The van der Waals surface area contributed by atoms with Crippen molar-refractivity contribution in [1.29, 1.82) is 0 Å². The molecule has 0 fully saturated rings. The lowest BCUT2D eigenvalue weighted by Gasteiger charge is -2.03. The van der Waals surface area contributed by atoms with Gasteiger partial charge in [-0.15, -0.1) is 0 Å². The summed E-state index contributed by atoms with van der Waals surface area (Å²) in [6.45, 7) is 6.19. The number of hydrogen-bond donors (Lipinski definition) is 1. The average Bonchev–Trinajstić information content (AvgIpc) is 3.22. The van der Waals surface area contributed by atoms with Gasteiger partial charge in [-0.05, 0) is 19.4 Å². The second-order valence-corrected chi connectivity index (χ2v) is 5.82. The second-order valence-electron chi connectivity index (χ2n) is 5.82. The summed E-state index contributed by atoms with van der Waals surface area (Å²) in [4.78, 5) is 8.90. The molecule has 0 saturated carbocycles. The number of aromatic nitrogens is 5. The Morgan fingerprint density at radius 1 is 1.21 bits per heavy atom. The van der Waals surface area contributed by atoms with Crippen molar-refractivity contribution in [3.8, 4) is 22.8 Å². The van der Waals surface area contributed by atoms with Gasteiger partial charge in [0, 0.05) is 18.5 Å². The monoisotopic (exact) mass is 333 g/mol. The Hall–Kier alpha value is -2.57. The zero-order valence-electron chi connectivity index (χ0n) is 14.1. The van der Waals surface area contributed by atoms with E-state index in [1.165, 1.54) is 12.8 Å². The van der Waals surface area contributed by atoms with Crippen LogP contribution in [0.3, 0.4) is 0 Å². The van der Waals surface area contributed by atoms with Crippen molar-refractivity contribution >= 4 is 0 Å². The molecule has 3 aromatic rings. The summed E-state index contributed by atoms with van der Waals surface area (Å²) in [5, 5.41) is 11.2. The maximum Gasteiger partial charge on any atom is 0.229 e. The van der Waals surface area contributed by atoms with E-state index in [0.717, 1.165) is 23.4 Å². The molecule has 6 nitrogen and oxygen atoms in total. The molecule has 2 heterocycles. The molecule has 7 heteroatoms. The van der Waals surface area contributed by atoms with Crippen LogP contribution in [0.25, 0.3) is 22.8 Å². The summed E-state index contributed by atoms with van der Waals surface area (Å²) in [6, 6.07) is 7.87. The molecule has 2 aromatic heterocycles. The molecular formula is C17H24FN5O. The first-order chi connectivity index (χ1) is 11.2. The van der Waals surface area contributed by atoms with Gasteiger partial charge in [0.1, 0.15) is 5.82 Å². The zero-order valence-corrected chi connectivity index (χ0v) is 14.1. The number of hydrogen-bond acceptors (Lipinski definition) is 5. The van der Waals surface area contributed by atoms with E-state index in [1.807, 2.05) is 31.2 Å². The molecule has 1 aromatic carbocycles. The van der Waals surface area contributed by atoms with E-state index in [9.17, 15) is 0 Å². The van der Waals surface area contributed by atoms with Crippen LogP contribution >= 0.6 is 0 Å². The normalized spacial score (nSPS) is 12.0. The molecule has 0 aliphatic rings. The lowest BCUT2D eigenvalue weighted by atomic mass is 10.0. The summed E-state index contributed by atoms with van der Waals surface area (Å²) in [7, 11) is 0. The number of H-pyrrole nitrogens is 1. The predicted molar refractivity (Wildman–Crippen MR) is 92.4 cm³/mol. The van der Waals surface area contributed by atoms with Crippen molar-refractivity contribution in [2.45, 2.75) is 46.0 Å². The maximum atomic E-state index is 5.43. The number of benzene rings is 1. The first kappa shape index (κ1) is 17.8. The van der Waals surface area contributed by atoms with Crippen LogP contribution < -0.4 is 0 Å². The highest BCUT2D eigenvalue weighted by molar-refractivity contribution is 5.65. The van der Waals surface area contributed by atoms with Gasteiger partial charge < -0.3 is 4.52 Å². The number of halogens is 1. The Labute approximate surface area is 141 Å². The lowest BCUT2D eigenvalue weighted by molar-refractivity contribution is 0.351. The summed E-state index contributed by atoms with van der Waals surface area (Å²) < 4.78 is 5.43. The van der Waals surface area contributed by atoms with E-state index < -0.39 is 0 Å². The van der Waals surface area contributed by atoms with Gasteiger partial charge in [0.15, 0.2) is 5.82 Å². The molecule has 0 spiro atoms. The fourth-order valence-corrected chi connectivity index (χ4v) is 2.46. The van der Waals surface area contributed by atoms with Crippen molar-refractivity contribution < 1.29 is 10.7 Å². The van der Waals surface area contributed by atoms with Gasteiger partial charge in [0.25, 0.3) is 0 Å². The summed E-state index contributed by atoms with van der Waals surface area (Å²) in [6.07, 6.45) is 3.40. The molecule has 1 atom stereocenters. The van der Waals surface area contributed by atoms with Crippen molar-refractivity contribution in [2.24, 2.45) is 0 Å². The van der Waals surface area contributed by atoms with Crippen LogP contribution in [-0.4, -0.2) is 25.3 Å². The first-order valence-electron chi connectivity index (χ1n) is 8.00. The van der Waals surface area contributed by atoms with E-state index in [2.05, 4.69) is 39.2 Å². The van der Waals surface area contributed by atoms with Crippen LogP contribution in [0.2, 0.25) is 0 Å². The minimum Gasteiger partial charge on any atom is -0.339 e. The largest absolute Gasteiger partial charge is 0.339 e. The summed E-state index contributed by atoms with van der Waals surface area (Å²) in [5.74, 6) is 3.06. The van der Waals surface area contributed by atoms with Crippen LogP contribution in [0.5, 0.6) is 0 Å². The van der Waals surface area contributed by atoms with Gasteiger partial charge in [0.2, 0.25) is 11.7 Å². The molecule has 0 aliphatic heterocycles. The van der Waals surface area contributed by atoms with E-state index >= 15 is 0 Å². The predicted octanol–water partition coefficient (Wildman–Crippen LogP) is 4.52. The first-order valence-corrected chi connectivity index (χ1v) is 8.00. The fraction of sp³-hybridized carbons (Fsp3) is 0.412. The summed E-state index contributed by atoms with van der Waals surface area (Å²) in [5.41, 5.74) is 1.83. The number of rotatable bonds is 6. The van der Waals surface area contributed by atoms with Crippen molar-refractivity contribution in [1.82, 2.24) is 25.3 Å². The zero-order chi connectivity index (χ0) is 16.2. The standard InChI is InChI=1S/C17H21N5O.FH.H2/c1-4-5-7-11(2)17-19-16(22-23-17)14-9-6-8-13(10-14)15-18-12(3)20-21-15;;/h6,8-11H,4-5,7H2,1-3H3,(H,18,20,21);2*1H/t11-;;/m0../s1. The lowest BCUT2D eigenvalue weighted by Crippen LogP contribution is -1.93. The van der Waals surface area contributed by atoms with Crippen LogP contribution in [0.1, 0.15) is 52.2 Å². The molecule has 0 saturated heterocycles. The van der Waals surface area contributed by atoms with Gasteiger partial charge in [-0.25, -0.2) is 4.98 Å². The van der Waals surface area contributed by atoms with Gasteiger partial charge in [-0.2, -0.15) is 10.1 Å². The molecule has 0 bridgehead atoms. The van der Waals surface area contributed by atoms with Crippen LogP contribution in [-0.2, 0) is 0 Å². The molecule has 24 heavy (non-hydrogen) atoms. The van der Waals surface area contributed by atoms with Gasteiger partial charge in [-0.3, -0.25) is 9.80 Å². The minimum atomic E-state index is 0. The van der Waals surface area contributed by atoms with Gasteiger partial charge in [-0.1, -0.05) is 50.0 Å². The van der Waals surface area contributed by atoms with Gasteiger partial charge in [0.05, 0.1) is 0 Å². The Balaban J connectivity index is 0.00000156. The third kappa shape index (κ3) is 3.84. The van der Waals surface area contributed by atoms with Crippen molar-refractivity contribution in [2.75, 3.05) is 0 Å². The Kier molecular flexibility index (Phi) is 5.78. The Bertz CT molecular complexity index is 789. The van der Waals surface area contributed by atoms with Crippen LogP contribution in [0, 0.1) is 6.92 Å². The number of nitrogens with one attached hydrogen (secondary N) is 1. The SMILES string of the molecule is CCCC[C@H](C)c1nc(-c2cccc(-c3n[nH]c(C)n3)c2)no1.F.[HH]. The third-order valence-electron chi connectivity index (χ3n) is 3.83. The molecule has 0 unspecified atom stereocenters. The average molecular weight is 333 g/mol. The Morgan fingerprint density at radius 2 is 1.96 bits per heavy atom. The summed E-state index contributed by atoms with van der Waals surface area (Å²) >= 11 is 0. The molecule has 130 valence electrons. The molecule has 3 rings (SSSR count). The molecule has 0 amide bonds. The van der Waals surface area contributed by atoms with E-state index in [1.54, 1.807) is 0 Å². The number of unbranched alkanes of at least 4 members (excludes halogenated alkanes) is 1.